The maximum absolute atomic E-state index is 13.0. The third kappa shape index (κ3) is 4.56. The Morgan fingerprint density at radius 1 is 1.00 bits per heavy atom. The van der Waals surface area contributed by atoms with E-state index in [1.165, 1.54) is 16.4 Å². The van der Waals surface area contributed by atoms with Gasteiger partial charge in [0.2, 0.25) is 15.9 Å². The molecule has 2 aromatic carbocycles. The number of fused-ring (bicyclic) bond motifs is 1. The number of rotatable bonds is 4. The minimum Gasteiger partial charge on any atom is -0.492 e. The lowest BCUT2D eigenvalue weighted by molar-refractivity contribution is -0.133. The van der Waals surface area contributed by atoms with Crippen LogP contribution in [0.25, 0.3) is 0 Å². The van der Waals surface area contributed by atoms with Crippen molar-refractivity contribution >= 4 is 15.9 Å². The smallest absolute Gasteiger partial charge is 0.244 e. The summed E-state index contributed by atoms with van der Waals surface area (Å²) in [5.74, 6) is 0.836. The first-order valence-corrected chi connectivity index (χ1v) is 11.6. The normalized spacial score (nSPS) is 17.8. The fourth-order valence-electron chi connectivity index (χ4n) is 3.91. The van der Waals surface area contributed by atoms with E-state index >= 15 is 0 Å². The summed E-state index contributed by atoms with van der Waals surface area (Å²) in [5.41, 5.74) is 1.18. The molecule has 0 radical (unpaired) electrons. The van der Waals surface area contributed by atoms with E-state index in [9.17, 15) is 18.5 Å². The molecular formula is C22H24N4O4S. The van der Waals surface area contributed by atoms with Crippen LogP contribution < -0.4 is 4.74 Å². The Bertz CT molecular complexity index is 1100. The Kier molecular flexibility index (Phi) is 6.23. The number of benzene rings is 2. The molecule has 0 N–H and O–H groups in total. The number of carbonyl (C=O) groups excluding carboxylic acids is 1. The van der Waals surface area contributed by atoms with Gasteiger partial charge in [0.25, 0.3) is 0 Å². The lowest BCUT2D eigenvalue weighted by atomic mass is 10.2. The van der Waals surface area contributed by atoms with Gasteiger partial charge in [-0.05, 0) is 18.2 Å². The third-order valence-electron chi connectivity index (χ3n) is 5.61. The van der Waals surface area contributed by atoms with Gasteiger partial charge < -0.3 is 9.64 Å². The lowest BCUT2D eigenvalue weighted by Crippen LogP contribution is -2.52. The molecule has 1 amide bonds. The second-order valence-electron chi connectivity index (χ2n) is 7.56. The molecule has 0 bridgehead atoms. The Morgan fingerprint density at radius 3 is 2.48 bits per heavy atom. The molecule has 1 saturated heterocycles. The average molecular weight is 441 g/mol. The molecule has 0 atom stereocenters. The first kappa shape index (κ1) is 21.3. The van der Waals surface area contributed by atoms with Crippen LogP contribution in [0.5, 0.6) is 5.75 Å². The average Bonchev–Trinajstić information content (AvgIpc) is 3.00. The predicted molar refractivity (Wildman–Crippen MR) is 114 cm³/mol. The number of carbonyl (C=O) groups is 1. The molecule has 2 aromatic rings. The maximum atomic E-state index is 13.0. The zero-order chi connectivity index (χ0) is 21.8. The first-order chi connectivity index (χ1) is 15.0. The second kappa shape index (κ2) is 9.06. The van der Waals surface area contributed by atoms with Crippen LogP contribution in [0, 0.1) is 11.3 Å². The monoisotopic (exact) mass is 440 g/mol. The van der Waals surface area contributed by atoms with Crippen LogP contribution in [0.2, 0.25) is 0 Å². The number of nitriles is 1. The van der Waals surface area contributed by atoms with Crippen molar-refractivity contribution in [3.63, 3.8) is 0 Å². The van der Waals surface area contributed by atoms with Gasteiger partial charge in [-0.3, -0.25) is 9.69 Å². The lowest BCUT2D eigenvalue weighted by Gasteiger charge is -2.35. The SMILES string of the molecule is N#Cc1ccccc1S(=O)(=O)N1CCN(C(=O)CN2CCOc3ccccc3C2)CC1. The number of hydrogen-bond donors (Lipinski definition) is 0. The van der Waals surface area contributed by atoms with Gasteiger partial charge in [-0.1, -0.05) is 30.3 Å². The fraction of sp³-hybridized carbons (Fsp3) is 0.364. The van der Waals surface area contributed by atoms with Gasteiger partial charge in [-0.15, -0.1) is 0 Å². The first-order valence-electron chi connectivity index (χ1n) is 10.2. The number of sulfonamides is 1. The molecule has 9 heteroatoms. The molecule has 2 heterocycles. The quantitative estimate of drug-likeness (QED) is 0.711. The van der Waals surface area contributed by atoms with Gasteiger partial charge >= 0.3 is 0 Å². The molecule has 0 aliphatic carbocycles. The molecule has 8 nitrogen and oxygen atoms in total. The van der Waals surface area contributed by atoms with E-state index in [0.717, 1.165) is 11.3 Å². The summed E-state index contributed by atoms with van der Waals surface area (Å²) in [6.07, 6.45) is 0. The molecule has 0 spiro atoms. The molecular weight excluding hydrogens is 416 g/mol. The van der Waals surface area contributed by atoms with E-state index in [-0.39, 0.29) is 36.0 Å². The molecule has 31 heavy (non-hydrogen) atoms. The van der Waals surface area contributed by atoms with Crippen molar-refractivity contribution in [1.29, 1.82) is 5.26 Å². The van der Waals surface area contributed by atoms with Crippen LogP contribution in [0.3, 0.4) is 0 Å². The number of amides is 1. The number of ether oxygens (including phenoxy) is 1. The van der Waals surface area contributed by atoms with E-state index in [2.05, 4.69) is 4.90 Å². The second-order valence-corrected chi connectivity index (χ2v) is 9.47. The highest BCUT2D eigenvalue weighted by Gasteiger charge is 2.32. The van der Waals surface area contributed by atoms with E-state index < -0.39 is 10.0 Å². The summed E-state index contributed by atoms with van der Waals surface area (Å²) in [7, 11) is -3.77. The van der Waals surface area contributed by atoms with Crippen molar-refractivity contribution in [3.05, 3.63) is 59.7 Å². The predicted octanol–water partition coefficient (Wildman–Crippen LogP) is 1.29. The number of hydrogen-bond acceptors (Lipinski definition) is 6. The molecule has 2 aliphatic rings. The van der Waals surface area contributed by atoms with Crippen LogP contribution in [-0.2, 0) is 21.4 Å². The minimum absolute atomic E-state index is 0.0144. The van der Waals surface area contributed by atoms with Crippen molar-refractivity contribution < 1.29 is 17.9 Å². The van der Waals surface area contributed by atoms with Crippen molar-refractivity contribution in [2.24, 2.45) is 0 Å². The summed E-state index contributed by atoms with van der Waals surface area (Å²) in [5, 5.41) is 9.23. The zero-order valence-corrected chi connectivity index (χ0v) is 17.9. The molecule has 0 aromatic heterocycles. The van der Waals surface area contributed by atoms with E-state index in [0.29, 0.717) is 32.8 Å². The Balaban J connectivity index is 1.37. The molecule has 0 unspecified atom stereocenters. The van der Waals surface area contributed by atoms with Crippen LogP contribution >= 0.6 is 0 Å². The number of para-hydroxylation sites is 1. The van der Waals surface area contributed by atoms with Gasteiger partial charge in [0.05, 0.1) is 17.0 Å². The molecule has 162 valence electrons. The van der Waals surface area contributed by atoms with Crippen molar-refractivity contribution in [3.8, 4) is 11.8 Å². The Morgan fingerprint density at radius 2 is 1.71 bits per heavy atom. The largest absolute Gasteiger partial charge is 0.492 e. The van der Waals surface area contributed by atoms with Crippen LogP contribution in [0.15, 0.2) is 53.4 Å². The number of piperazine rings is 1. The van der Waals surface area contributed by atoms with E-state index in [4.69, 9.17) is 4.74 Å². The summed E-state index contributed by atoms with van der Waals surface area (Å²) >= 11 is 0. The van der Waals surface area contributed by atoms with E-state index in [1.54, 1.807) is 17.0 Å². The standard InChI is InChI=1S/C22H24N4O4S/c23-15-18-5-2-4-8-21(18)31(28,29)26-11-9-25(10-12-26)22(27)17-24-13-14-30-20-7-3-1-6-19(20)16-24/h1-8H,9-14,16-17H2. The topological polar surface area (TPSA) is 93.9 Å². The Hall–Kier alpha value is -2.93. The highest BCUT2D eigenvalue weighted by molar-refractivity contribution is 7.89. The maximum Gasteiger partial charge on any atom is 0.244 e. The molecule has 1 fully saturated rings. The summed E-state index contributed by atoms with van der Waals surface area (Å²) in [6.45, 7) is 3.15. The van der Waals surface area contributed by atoms with Crippen molar-refractivity contribution in [1.82, 2.24) is 14.1 Å². The molecule has 4 rings (SSSR count). The van der Waals surface area contributed by atoms with Crippen LogP contribution in [0.1, 0.15) is 11.1 Å². The highest BCUT2D eigenvalue weighted by Crippen LogP contribution is 2.23. The Labute approximate surface area is 182 Å². The molecule has 0 saturated carbocycles. The van der Waals surface area contributed by atoms with Gasteiger partial charge in [-0.2, -0.15) is 9.57 Å². The van der Waals surface area contributed by atoms with Gasteiger partial charge in [-0.25, -0.2) is 8.42 Å². The highest BCUT2D eigenvalue weighted by atomic mass is 32.2. The summed E-state index contributed by atoms with van der Waals surface area (Å²) in [4.78, 5) is 16.6. The molecule has 2 aliphatic heterocycles. The number of nitrogens with zero attached hydrogens (tertiary/aromatic N) is 4. The van der Waals surface area contributed by atoms with Crippen LogP contribution in [-0.4, -0.2) is 74.3 Å². The summed E-state index contributed by atoms with van der Waals surface area (Å²) < 4.78 is 33.0. The van der Waals surface area contributed by atoms with Gasteiger partial charge in [0.15, 0.2) is 0 Å². The minimum atomic E-state index is -3.77. The summed E-state index contributed by atoms with van der Waals surface area (Å²) in [6, 6.07) is 16.0. The third-order valence-corrected chi connectivity index (χ3v) is 7.56. The van der Waals surface area contributed by atoms with Gasteiger partial charge in [0, 0.05) is 44.8 Å². The van der Waals surface area contributed by atoms with Crippen molar-refractivity contribution in [2.75, 3.05) is 45.9 Å². The van der Waals surface area contributed by atoms with E-state index in [1.807, 2.05) is 30.3 Å². The van der Waals surface area contributed by atoms with Crippen LogP contribution in [0.4, 0.5) is 0 Å². The van der Waals surface area contributed by atoms with Gasteiger partial charge in [0.1, 0.15) is 18.4 Å². The van der Waals surface area contributed by atoms with Crippen molar-refractivity contribution in [2.45, 2.75) is 11.4 Å². The fourth-order valence-corrected chi connectivity index (χ4v) is 5.47. The zero-order valence-electron chi connectivity index (χ0n) is 17.1.